The first-order chi connectivity index (χ1) is 26.8. The lowest BCUT2D eigenvalue weighted by Gasteiger charge is -2.29. The van der Waals surface area contributed by atoms with Gasteiger partial charge in [0.25, 0.3) is 0 Å². The molecular weight excluding hydrogens is 655 g/mol. The minimum absolute atomic E-state index is 0.868. The van der Waals surface area contributed by atoms with E-state index < -0.39 is 0 Å². The fourth-order valence-electron chi connectivity index (χ4n) is 7.83. The quantitative estimate of drug-likeness (QED) is 0.166. The van der Waals surface area contributed by atoms with Crippen LogP contribution < -0.4 is 4.90 Å². The molecule has 1 aromatic heterocycles. The van der Waals surface area contributed by atoms with Gasteiger partial charge >= 0.3 is 0 Å². The average Bonchev–Trinajstić information content (AvgIpc) is 3.65. The number of rotatable bonds is 7. The molecule has 0 unspecified atom stereocenters. The molecule has 0 aliphatic rings. The highest BCUT2D eigenvalue weighted by Gasteiger charge is 2.24. The van der Waals surface area contributed by atoms with Crippen LogP contribution in [0, 0.1) is 0 Å². The molecule has 0 N–H and O–H groups in total. The third-order valence-corrected chi connectivity index (χ3v) is 10.5. The first-order valence-electron chi connectivity index (χ1n) is 18.4. The Morgan fingerprint density at radius 3 is 1.76 bits per heavy atom. The van der Waals surface area contributed by atoms with Gasteiger partial charge in [0.2, 0.25) is 0 Å². The van der Waals surface area contributed by atoms with Gasteiger partial charge in [-0.2, -0.15) is 0 Å². The SMILES string of the molecule is c1ccc(-c2ccc(-c3cccc(N(c4ccccc4-c4ccc5ccccc5c4)c4ccc(-c5ccccc5)c5oc6ccccc6c45)c3)cc2)cc1. The van der Waals surface area contributed by atoms with Crippen LogP contribution >= 0.6 is 0 Å². The fourth-order valence-corrected chi connectivity index (χ4v) is 7.83. The summed E-state index contributed by atoms with van der Waals surface area (Å²) in [7, 11) is 0. The number of nitrogens with zero attached hydrogens (tertiary/aromatic N) is 1. The maximum Gasteiger partial charge on any atom is 0.145 e. The van der Waals surface area contributed by atoms with E-state index in [1.807, 2.05) is 6.07 Å². The summed E-state index contributed by atoms with van der Waals surface area (Å²) in [6.45, 7) is 0. The highest BCUT2D eigenvalue weighted by Crippen LogP contribution is 2.48. The zero-order valence-corrected chi connectivity index (χ0v) is 29.6. The third-order valence-electron chi connectivity index (χ3n) is 10.5. The smallest absolute Gasteiger partial charge is 0.145 e. The van der Waals surface area contributed by atoms with Crippen LogP contribution in [0.4, 0.5) is 17.1 Å². The molecule has 10 aromatic rings. The van der Waals surface area contributed by atoms with Crippen LogP contribution in [-0.2, 0) is 0 Å². The second-order valence-corrected chi connectivity index (χ2v) is 13.7. The molecule has 0 saturated heterocycles. The summed E-state index contributed by atoms with van der Waals surface area (Å²) in [5.74, 6) is 0. The van der Waals surface area contributed by atoms with Gasteiger partial charge < -0.3 is 9.32 Å². The number of fused-ring (bicyclic) bond motifs is 4. The Kier molecular flexibility index (Phi) is 7.85. The molecule has 1 heterocycles. The largest absolute Gasteiger partial charge is 0.455 e. The van der Waals surface area contributed by atoms with Crippen molar-refractivity contribution in [1.82, 2.24) is 0 Å². The van der Waals surface area contributed by atoms with Gasteiger partial charge in [-0.25, -0.2) is 0 Å². The minimum atomic E-state index is 0.868. The Bertz CT molecular complexity index is 2920. The van der Waals surface area contributed by atoms with E-state index in [0.29, 0.717) is 0 Å². The molecular formula is C52H35NO. The lowest BCUT2D eigenvalue weighted by Crippen LogP contribution is -2.12. The van der Waals surface area contributed by atoms with Gasteiger partial charge in [-0.05, 0) is 86.6 Å². The van der Waals surface area contributed by atoms with E-state index >= 15 is 0 Å². The van der Waals surface area contributed by atoms with Gasteiger partial charge in [0.15, 0.2) is 0 Å². The van der Waals surface area contributed by atoms with Gasteiger partial charge in [-0.15, -0.1) is 0 Å². The van der Waals surface area contributed by atoms with Crippen LogP contribution in [0.1, 0.15) is 0 Å². The summed E-state index contributed by atoms with van der Waals surface area (Å²) in [5.41, 5.74) is 14.2. The summed E-state index contributed by atoms with van der Waals surface area (Å²) in [5, 5.41) is 4.61. The van der Waals surface area contributed by atoms with Crippen LogP contribution in [0.5, 0.6) is 0 Å². The molecule has 0 atom stereocenters. The molecule has 0 spiro atoms. The molecule has 0 aliphatic heterocycles. The fraction of sp³-hybridized carbons (Fsp3) is 0. The van der Waals surface area contributed by atoms with Crippen molar-refractivity contribution >= 4 is 49.8 Å². The number of para-hydroxylation sites is 2. The Hall–Kier alpha value is -7.16. The minimum Gasteiger partial charge on any atom is -0.455 e. The summed E-state index contributed by atoms with van der Waals surface area (Å²) in [4.78, 5) is 2.42. The van der Waals surface area contributed by atoms with E-state index in [4.69, 9.17) is 4.42 Å². The number of hydrogen-bond donors (Lipinski definition) is 0. The van der Waals surface area contributed by atoms with Crippen LogP contribution in [0.25, 0.3) is 77.2 Å². The molecule has 54 heavy (non-hydrogen) atoms. The molecule has 2 nitrogen and oxygen atoms in total. The molecule has 10 rings (SSSR count). The van der Waals surface area contributed by atoms with Crippen molar-refractivity contribution < 1.29 is 4.42 Å². The van der Waals surface area contributed by atoms with E-state index in [0.717, 1.165) is 72.4 Å². The maximum atomic E-state index is 6.78. The molecule has 0 fully saturated rings. The Morgan fingerprint density at radius 1 is 0.333 bits per heavy atom. The van der Waals surface area contributed by atoms with Crippen molar-refractivity contribution in [3.63, 3.8) is 0 Å². The van der Waals surface area contributed by atoms with Gasteiger partial charge in [0, 0.05) is 22.2 Å². The van der Waals surface area contributed by atoms with E-state index in [-0.39, 0.29) is 0 Å². The van der Waals surface area contributed by atoms with Gasteiger partial charge in [-0.1, -0.05) is 170 Å². The second kappa shape index (κ2) is 13.4. The van der Waals surface area contributed by atoms with Crippen LogP contribution in [0.15, 0.2) is 217 Å². The first-order valence-corrected chi connectivity index (χ1v) is 18.4. The number of furan rings is 1. The van der Waals surface area contributed by atoms with Crippen molar-refractivity contribution in [3.05, 3.63) is 212 Å². The zero-order valence-electron chi connectivity index (χ0n) is 29.6. The lowest BCUT2D eigenvalue weighted by atomic mass is 9.96. The highest BCUT2D eigenvalue weighted by atomic mass is 16.3. The summed E-state index contributed by atoms with van der Waals surface area (Å²) < 4.78 is 6.78. The summed E-state index contributed by atoms with van der Waals surface area (Å²) in [6, 6.07) is 75.8. The molecule has 2 heteroatoms. The normalized spacial score (nSPS) is 11.3. The van der Waals surface area contributed by atoms with Crippen LogP contribution in [0.3, 0.4) is 0 Å². The van der Waals surface area contributed by atoms with E-state index in [1.54, 1.807) is 0 Å². The van der Waals surface area contributed by atoms with E-state index in [2.05, 4.69) is 211 Å². The molecule has 9 aromatic carbocycles. The van der Waals surface area contributed by atoms with Crippen molar-refractivity contribution in [3.8, 4) is 44.5 Å². The molecule has 0 aliphatic carbocycles. The Balaban J connectivity index is 1.21. The highest BCUT2D eigenvalue weighted by molar-refractivity contribution is 6.17. The molecule has 254 valence electrons. The number of anilines is 3. The molecule has 0 bridgehead atoms. The Morgan fingerprint density at radius 2 is 0.944 bits per heavy atom. The van der Waals surface area contributed by atoms with E-state index in [1.165, 1.54) is 21.9 Å². The molecule has 0 amide bonds. The number of hydrogen-bond acceptors (Lipinski definition) is 2. The topological polar surface area (TPSA) is 16.4 Å². The lowest BCUT2D eigenvalue weighted by molar-refractivity contribution is 0.670. The van der Waals surface area contributed by atoms with Gasteiger partial charge in [0.1, 0.15) is 11.2 Å². The zero-order chi connectivity index (χ0) is 35.8. The van der Waals surface area contributed by atoms with Gasteiger partial charge in [-0.3, -0.25) is 0 Å². The second-order valence-electron chi connectivity index (χ2n) is 13.7. The third kappa shape index (κ3) is 5.62. The monoisotopic (exact) mass is 689 g/mol. The first kappa shape index (κ1) is 31.6. The van der Waals surface area contributed by atoms with Crippen molar-refractivity contribution in [2.24, 2.45) is 0 Å². The van der Waals surface area contributed by atoms with Crippen molar-refractivity contribution in [2.75, 3.05) is 4.90 Å². The predicted molar refractivity (Wildman–Crippen MR) is 228 cm³/mol. The van der Waals surface area contributed by atoms with Gasteiger partial charge in [0.05, 0.1) is 16.8 Å². The Labute approximate surface area is 314 Å². The van der Waals surface area contributed by atoms with Crippen molar-refractivity contribution in [1.29, 1.82) is 0 Å². The van der Waals surface area contributed by atoms with Crippen molar-refractivity contribution in [2.45, 2.75) is 0 Å². The summed E-state index contributed by atoms with van der Waals surface area (Å²) in [6.07, 6.45) is 0. The molecule has 0 radical (unpaired) electrons. The predicted octanol–water partition coefficient (Wildman–Crippen LogP) is 14.9. The summed E-state index contributed by atoms with van der Waals surface area (Å²) >= 11 is 0. The molecule has 0 saturated carbocycles. The maximum absolute atomic E-state index is 6.78. The van der Waals surface area contributed by atoms with Crippen LogP contribution in [-0.4, -0.2) is 0 Å². The number of benzene rings is 9. The van der Waals surface area contributed by atoms with E-state index in [9.17, 15) is 0 Å². The van der Waals surface area contributed by atoms with Crippen LogP contribution in [0.2, 0.25) is 0 Å². The average molecular weight is 690 g/mol. The standard InChI is InChI=1S/C52H35NO/c1-3-14-36(15-4-1)38-26-28-39(29-27-38)42-20-13-21-44(35-42)53(48-24-11-9-22-45(48)43-31-30-37-16-7-8-19-41(37)34-43)49-33-32-46(40-17-5-2-6-18-40)52-51(49)47-23-10-12-25-50(47)54-52/h1-35H.